The van der Waals surface area contributed by atoms with Crippen molar-refractivity contribution in [1.29, 1.82) is 0 Å². The molecule has 1 heterocycles. The molecular weight excluding hydrogens is 288 g/mol. The Kier molecular flexibility index (Phi) is 2.89. The zero-order valence-corrected chi connectivity index (χ0v) is 10.3. The molecule has 3 N–H and O–H groups in total. The number of para-hydroxylation sites is 1. The second-order valence-corrected chi connectivity index (χ2v) is 4.38. The van der Waals surface area contributed by atoms with Crippen LogP contribution in [0.4, 0.5) is 5.69 Å². The topological polar surface area (TPSA) is 83.6 Å². The minimum Gasteiger partial charge on any atom is -0.478 e. The van der Waals surface area contributed by atoms with Crippen molar-refractivity contribution in [3.05, 3.63) is 40.1 Å². The largest absolute Gasteiger partial charge is 0.478 e. The average Bonchev–Trinajstić information content (AvgIpc) is 2.56. The summed E-state index contributed by atoms with van der Waals surface area (Å²) < 4.78 is 0.683. The minimum atomic E-state index is -1.16. The highest BCUT2D eigenvalue weighted by molar-refractivity contribution is 9.10. The van der Waals surface area contributed by atoms with Gasteiger partial charge in [-0.3, -0.25) is 9.69 Å². The maximum absolute atomic E-state index is 11.8. The first kappa shape index (κ1) is 11.7. The Morgan fingerprint density at radius 1 is 1.41 bits per heavy atom. The molecule has 0 fully saturated rings. The summed E-state index contributed by atoms with van der Waals surface area (Å²) in [5.74, 6) is -1.52. The third-order valence-corrected chi connectivity index (χ3v) is 3.15. The van der Waals surface area contributed by atoms with Crippen LogP contribution >= 0.6 is 15.9 Å². The lowest BCUT2D eigenvalue weighted by Crippen LogP contribution is -2.29. The second kappa shape index (κ2) is 4.21. The Hall–Kier alpha value is -1.82. The highest BCUT2D eigenvalue weighted by Gasteiger charge is 2.33. The van der Waals surface area contributed by atoms with Crippen LogP contribution in [0.25, 0.3) is 0 Å². The van der Waals surface area contributed by atoms with Gasteiger partial charge >= 0.3 is 5.97 Å². The summed E-state index contributed by atoms with van der Waals surface area (Å²) in [6.07, 6.45) is -0.178. The van der Waals surface area contributed by atoms with Gasteiger partial charge in [0.25, 0.3) is 0 Å². The molecule has 1 aliphatic rings. The van der Waals surface area contributed by atoms with Gasteiger partial charge in [-0.25, -0.2) is 4.79 Å². The maximum Gasteiger partial charge on any atom is 0.335 e. The number of anilines is 1. The number of hydrogen-bond donors (Lipinski definition) is 2. The molecule has 0 spiro atoms. The number of hydrogen-bond acceptors (Lipinski definition) is 3. The van der Waals surface area contributed by atoms with Crippen molar-refractivity contribution in [2.24, 2.45) is 5.73 Å². The summed E-state index contributed by atoms with van der Waals surface area (Å²) in [5.41, 5.74) is 6.18. The summed E-state index contributed by atoms with van der Waals surface area (Å²) in [4.78, 5) is 23.9. The van der Waals surface area contributed by atoms with Gasteiger partial charge in [-0.05, 0) is 28.1 Å². The lowest BCUT2D eigenvalue weighted by Gasteiger charge is -2.18. The van der Waals surface area contributed by atoms with Crippen molar-refractivity contribution in [3.63, 3.8) is 0 Å². The van der Waals surface area contributed by atoms with E-state index in [1.165, 1.54) is 4.90 Å². The molecule has 0 atom stereocenters. The zero-order valence-electron chi connectivity index (χ0n) is 8.68. The van der Waals surface area contributed by atoms with Crippen LogP contribution in [-0.4, -0.2) is 17.0 Å². The van der Waals surface area contributed by atoms with Crippen LogP contribution in [0.2, 0.25) is 0 Å². The van der Waals surface area contributed by atoms with Gasteiger partial charge in [0.1, 0.15) is 5.82 Å². The molecule has 1 aliphatic heterocycles. The zero-order chi connectivity index (χ0) is 12.6. The highest BCUT2D eigenvalue weighted by atomic mass is 79.9. The Morgan fingerprint density at radius 2 is 2.06 bits per heavy atom. The molecule has 0 saturated heterocycles. The van der Waals surface area contributed by atoms with Crippen LogP contribution in [0.5, 0.6) is 0 Å². The number of amides is 1. The summed E-state index contributed by atoms with van der Waals surface area (Å²) >= 11 is 3.30. The summed E-state index contributed by atoms with van der Waals surface area (Å²) in [6.45, 7) is 0. The molecular formula is C11H9BrN2O3. The van der Waals surface area contributed by atoms with E-state index in [-0.39, 0.29) is 23.7 Å². The number of nitrogens with zero attached hydrogens (tertiary/aromatic N) is 1. The first-order valence-corrected chi connectivity index (χ1v) is 5.61. The van der Waals surface area contributed by atoms with Crippen molar-refractivity contribution in [3.8, 4) is 0 Å². The van der Waals surface area contributed by atoms with Crippen LogP contribution in [0.15, 0.2) is 40.1 Å². The van der Waals surface area contributed by atoms with Gasteiger partial charge in [-0.2, -0.15) is 0 Å². The lowest BCUT2D eigenvalue weighted by atomic mass is 10.2. The Morgan fingerprint density at radius 3 is 2.59 bits per heavy atom. The van der Waals surface area contributed by atoms with E-state index in [1.807, 2.05) is 0 Å². The molecule has 0 radical (unpaired) electrons. The number of carboxylic acid groups (broad SMARTS) is 1. The van der Waals surface area contributed by atoms with E-state index in [0.29, 0.717) is 10.2 Å². The molecule has 0 aromatic heterocycles. The van der Waals surface area contributed by atoms with E-state index in [0.717, 1.165) is 0 Å². The van der Waals surface area contributed by atoms with Gasteiger partial charge in [-0.1, -0.05) is 12.1 Å². The van der Waals surface area contributed by atoms with Crippen molar-refractivity contribution < 1.29 is 14.7 Å². The van der Waals surface area contributed by atoms with E-state index in [1.54, 1.807) is 24.3 Å². The molecule has 1 amide bonds. The first-order valence-electron chi connectivity index (χ1n) is 4.81. The molecule has 0 bridgehead atoms. The third-order valence-electron chi connectivity index (χ3n) is 2.48. The fourth-order valence-corrected chi connectivity index (χ4v) is 2.13. The standard InChI is InChI=1S/C11H9BrN2O3/c12-7-3-1-2-4-8(7)14-9(15)5-6(10(14)13)11(16)17/h1-4H,5,13H2,(H,16,17). The van der Waals surface area contributed by atoms with E-state index < -0.39 is 5.97 Å². The molecule has 0 saturated carbocycles. The Bertz CT molecular complexity index is 539. The number of nitrogens with two attached hydrogens (primary N) is 1. The first-order chi connectivity index (χ1) is 8.02. The van der Waals surface area contributed by atoms with Crippen molar-refractivity contribution in [2.45, 2.75) is 6.42 Å². The molecule has 17 heavy (non-hydrogen) atoms. The summed E-state index contributed by atoms with van der Waals surface area (Å²) in [6, 6.07) is 7.00. The van der Waals surface area contributed by atoms with E-state index in [9.17, 15) is 9.59 Å². The minimum absolute atomic E-state index is 0.0191. The number of halogens is 1. The third kappa shape index (κ3) is 1.91. The number of carbonyl (C=O) groups excluding carboxylic acids is 1. The molecule has 1 aromatic rings. The predicted molar refractivity (Wildman–Crippen MR) is 65.1 cm³/mol. The quantitative estimate of drug-likeness (QED) is 0.865. The number of carbonyl (C=O) groups is 2. The molecule has 0 aliphatic carbocycles. The highest BCUT2D eigenvalue weighted by Crippen LogP contribution is 2.32. The van der Waals surface area contributed by atoms with Crippen LogP contribution in [-0.2, 0) is 9.59 Å². The summed E-state index contributed by atoms with van der Waals surface area (Å²) in [5, 5.41) is 8.91. The number of aliphatic carboxylic acids is 1. The Labute approximate surface area is 106 Å². The van der Waals surface area contributed by atoms with Crippen molar-refractivity contribution >= 4 is 33.5 Å². The average molecular weight is 297 g/mol. The second-order valence-electron chi connectivity index (χ2n) is 3.53. The summed E-state index contributed by atoms with van der Waals surface area (Å²) in [7, 11) is 0. The molecule has 88 valence electrons. The van der Waals surface area contributed by atoms with Gasteiger partial charge in [0.15, 0.2) is 0 Å². The molecule has 2 rings (SSSR count). The van der Waals surface area contributed by atoms with Gasteiger partial charge in [0.05, 0.1) is 17.7 Å². The fourth-order valence-electron chi connectivity index (χ4n) is 1.67. The number of rotatable bonds is 2. The monoisotopic (exact) mass is 296 g/mol. The molecule has 5 nitrogen and oxygen atoms in total. The fraction of sp³-hybridized carbons (Fsp3) is 0.0909. The van der Waals surface area contributed by atoms with Crippen LogP contribution < -0.4 is 10.6 Å². The van der Waals surface area contributed by atoms with Crippen LogP contribution in [0.3, 0.4) is 0 Å². The number of benzene rings is 1. The van der Waals surface area contributed by atoms with Gasteiger partial charge < -0.3 is 10.8 Å². The van der Waals surface area contributed by atoms with Gasteiger partial charge in [0.2, 0.25) is 5.91 Å². The number of carboxylic acids is 1. The molecule has 1 aromatic carbocycles. The van der Waals surface area contributed by atoms with Gasteiger partial charge in [-0.15, -0.1) is 0 Å². The van der Waals surface area contributed by atoms with E-state index in [2.05, 4.69) is 15.9 Å². The van der Waals surface area contributed by atoms with Crippen LogP contribution in [0, 0.1) is 0 Å². The maximum atomic E-state index is 11.8. The molecule has 6 heteroatoms. The van der Waals surface area contributed by atoms with E-state index >= 15 is 0 Å². The van der Waals surface area contributed by atoms with Crippen LogP contribution in [0.1, 0.15) is 6.42 Å². The normalized spacial score (nSPS) is 15.6. The lowest BCUT2D eigenvalue weighted by molar-refractivity contribution is -0.133. The predicted octanol–water partition coefficient (Wildman–Crippen LogP) is 1.44. The van der Waals surface area contributed by atoms with E-state index in [4.69, 9.17) is 10.8 Å². The molecule has 0 unspecified atom stereocenters. The SMILES string of the molecule is NC1=C(C(=O)O)CC(=O)N1c1ccccc1Br. The van der Waals surface area contributed by atoms with Gasteiger partial charge in [0, 0.05) is 4.47 Å². The smallest absolute Gasteiger partial charge is 0.335 e. The Balaban J connectivity index is 2.50. The van der Waals surface area contributed by atoms with Crippen molar-refractivity contribution in [1.82, 2.24) is 0 Å². The van der Waals surface area contributed by atoms with Crippen molar-refractivity contribution in [2.75, 3.05) is 4.90 Å².